The molecule has 0 radical (unpaired) electrons. The van der Waals surface area contributed by atoms with Gasteiger partial charge in [-0.25, -0.2) is 0 Å². The molecule has 0 spiro atoms. The van der Waals surface area contributed by atoms with Gasteiger partial charge in [-0.3, -0.25) is 9.59 Å². The lowest BCUT2D eigenvalue weighted by Gasteiger charge is -2.32. The van der Waals surface area contributed by atoms with Gasteiger partial charge in [-0.05, 0) is 60.4 Å². The van der Waals surface area contributed by atoms with Crippen molar-refractivity contribution in [2.45, 2.75) is 32.1 Å². The van der Waals surface area contributed by atoms with E-state index >= 15 is 0 Å². The second-order valence-electron chi connectivity index (χ2n) is 9.01. The van der Waals surface area contributed by atoms with Crippen LogP contribution in [0.1, 0.15) is 43.2 Å². The monoisotopic (exact) mass is 594 g/mol. The minimum absolute atomic E-state index is 0.0888. The highest BCUT2D eigenvalue weighted by Gasteiger charge is 2.43. The van der Waals surface area contributed by atoms with Crippen LogP contribution in [0.5, 0.6) is 23.0 Å². The molecule has 0 amide bonds. The first-order chi connectivity index (χ1) is 18.8. The molecule has 0 unspecified atom stereocenters. The number of methoxy groups -OCH3 is 2. The highest BCUT2D eigenvalue weighted by molar-refractivity contribution is 7.85. The van der Waals surface area contributed by atoms with Crippen molar-refractivity contribution in [1.82, 2.24) is 0 Å². The van der Waals surface area contributed by atoms with Gasteiger partial charge in [-0.15, -0.1) is 0 Å². The Bertz CT molecular complexity index is 1430. The number of carbonyl (C=O) groups excluding carboxylic acids is 2. The molecular formula is C26H30N2O10S2. The number of allylic oxidation sites excluding steroid dienone is 2. The maximum Gasteiger partial charge on any atom is 0.380 e. The standard InChI is InChI=1S/C26H30N2O10S2/c1-35-22-16-18(6-10-20(22)37-39(27,31)32)8-12-24(29)26(14-4-3-5-15-26)25(30)13-9-19-7-11-21(23(17-19)36-2)38-40(28,33)34/h6-13,16-17H,3-5,14-15H2,1-2H3,(H2,27,31,32)(H2,28,33,34)/b12-8+,13-9+. The average Bonchev–Trinajstić information content (AvgIpc) is 2.90. The van der Waals surface area contributed by atoms with E-state index in [-0.39, 0.29) is 34.6 Å². The van der Waals surface area contributed by atoms with Gasteiger partial charge in [-0.2, -0.15) is 27.1 Å². The molecule has 0 atom stereocenters. The van der Waals surface area contributed by atoms with Crippen LogP contribution < -0.4 is 28.1 Å². The minimum Gasteiger partial charge on any atom is -0.493 e. The number of ketones is 2. The fourth-order valence-corrected chi connectivity index (χ4v) is 5.17. The summed E-state index contributed by atoms with van der Waals surface area (Å²) in [6, 6.07) is 8.64. The van der Waals surface area contributed by atoms with Gasteiger partial charge in [0.25, 0.3) is 0 Å². The van der Waals surface area contributed by atoms with Gasteiger partial charge < -0.3 is 17.8 Å². The van der Waals surface area contributed by atoms with E-state index in [1.54, 1.807) is 0 Å². The van der Waals surface area contributed by atoms with Crippen LogP contribution in [0.4, 0.5) is 0 Å². The van der Waals surface area contributed by atoms with E-state index in [1.165, 1.54) is 74.9 Å². The Labute approximate surface area is 233 Å². The summed E-state index contributed by atoms with van der Waals surface area (Å²) in [5, 5.41) is 9.84. The van der Waals surface area contributed by atoms with Crippen molar-refractivity contribution >= 4 is 44.3 Å². The number of carbonyl (C=O) groups is 2. The van der Waals surface area contributed by atoms with Crippen LogP contribution in [0.25, 0.3) is 12.2 Å². The zero-order chi connectivity index (χ0) is 29.6. The number of hydrogen-bond donors (Lipinski definition) is 2. The van der Waals surface area contributed by atoms with Gasteiger partial charge >= 0.3 is 20.6 Å². The van der Waals surface area contributed by atoms with E-state index in [1.807, 2.05) is 0 Å². The lowest BCUT2D eigenvalue weighted by Crippen LogP contribution is -2.39. The van der Waals surface area contributed by atoms with Gasteiger partial charge in [-0.1, -0.05) is 43.5 Å². The van der Waals surface area contributed by atoms with Crippen LogP contribution in [0.2, 0.25) is 0 Å². The lowest BCUT2D eigenvalue weighted by atomic mass is 9.68. The first-order valence-electron chi connectivity index (χ1n) is 12.0. The molecule has 2 aromatic rings. The van der Waals surface area contributed by atoms with E-state index < -0.39 is 26.0 Å². The second-order valence-corrected chi connectivity index (χ2v) is 11.3. The number of hydrogen-bond acceptors (Lipinski definition) is 10. The third kappa shape index (κ3) is 8.14. The fourth-order valence-electron chi connectivity index (χ4n) is 4.40. The van der Waals surface area contributed by atoms with Crippen molar-refractivity contribution in [2.75, 3.05) is 14.2 Å². The normalized spacial score (nSPS) is 15.6. The van der Waals surface area contributed by atoms with Crippen molar-refractivity contribution < 1.29 is 44.3 Å². The highest BCUT2D eigenvalue weighted by atomic mass is 32.2. The van der Waals surface area contributed by atoms with Gasteiger partial charge in [0.05, 0.1) is 19.6 Å². The van der Waals surface area contributed by atoms with Gasteiger partial charge in [0.1, 0.15) is 0 Å². The molecule has 1 aliphatic carbocycles. The average molecular weight is 595 g/mol. The Morgan fingerprint density at radius 3 is 1.45 bits per heavy atom. The van der Waals surface area contributed by atoms with E-state index in [0.717, 1.165) is 6.42 Å². The molecule has 216 valence electrons. The van der Waals surface area contributed by atoms with E-state index in [0.29, 0.717) is 36.8 Å². The summed E-state index contributed by atoms with van der Waals surface area (Å²) in [5.41, 5.74) is -0.225. The maximum atomic E-state index is 13.4. The molecule has 2 aromatic carbocycles. The minimum atomic E-state index is -4.26. The summed E-state index contributed by atoms with van der Waals surface area (Å²) in [4.78, 5) is 26.9. The molecule has 1 fully saturated rings. The summed E-state index contributed by atoms with van der Waals surface area (Å²) in [7, 11) is -5.87. The highest BCUT2D eigenvalue weighted by Crippen LogP contribution is 2.40. The van der Waals surface area contributed by atoms with Crippen molar-refractivity contribution in [3.63, 3.8) is 0 Å². The third-order valence-corrected chi connectivity index (χ3v) is 7.12. The second kappa shape index (κ2) is 12.6. The van der Waals surface area contributed by atoms with Crippen molar-refractivity contribution in [1.29, 1.82) is 0 Å². The molecule has 14 heteroatoms. The summed E-state index contributed by atoms with van der Waals surface area (Å²) in [6.07, 6.45) is 8.76. The Balaban J connectivity index is 1.84. The van der Waals surface area contributed by atoms with Crippen LogP contribution in [-0.2, 0) is 30.2 Å². The summed E-state index contributed by atoms with van der Waals surface area (Å²) >= 11 is 0. The number of nitrogens with two attached hydrogens (primary N) is 2. The van der Waals surface area contributed by atoms with Crippen molar-refractivity contribution in [2.24, 2.45) is 15.7 Å². The quantitative estimate of drug-likeness (QED) is 0.273. The molecule has 3 rings (SSSR count). The third-order valence-electron chi connectivity index (χ3n) is 6.29. The maximum absolute atomic E-state index is 13.4. The Morgan fingerprint density at radius 1 is 0.700 bits per heavy atom. The van der Waals surface area contributed by atoms with E-state index in [4.69, 9.17) is 19.8 Å². The number of benzene rings is 2. The largest absolute Gasteiger partial charge is 0.493 e. The van der Waals surface area contributed by atoms with Crippen molar-refractivity contribution in [3.05, 3.63) is 59.7 Å². The van der Waals surface area contributed by atoms with Crippen LogP contribution in [0.3, 0.4) is 0 Å². The molecule has 1 saturated carbocycles. The Morgan fingerprint density at radius 2 is 1.10 bits per heavy atom. The first-order valence-corrected chi connectivity index (χ1v) is 15.0. The zero-order valence-electron chi connectivity index (χ0n) is 21.9. The lowest BCUT2D eigenvalue weighted by molar-refractivity contribution is -0.137. The first kappa shape index (κ1) is 30.8. The van der Waals surface area contributed by atoms with Crippen molar-refractivity contribution in [3.8, 4) is 23.0 Å². The SMILES string of the molecule is COc1cc(/C=C/C(=O)C2(C(=O)/C=C/c3ccc(OS(N)(=O)=O)c(OC)c3)CCCCC2)ccc1OS(N)(=O)=O. The predicted octanol–water partition coefficient (Wildman–Crippen LogP) is 2.68. The molecule has 0 saturated heterocycles. The fraction of sp³-hybridized carbons (Fsp3) is 0.308. The molecule has 1 aliphatic rings. The van der Waals surface area contributed by atoms with E-state index in [9.17, 15) is 26.4 Å². The van der Waals surface area contributed by atoms with Gasteiger partial charge in [0, 0.05) is 0 Å². The Kier molecular flexibility index (Phi) is 9.73. The zero-order valence-corrected chi connectivity index (χ0v) is 23.5. The van der Waals surface area contributed by atoms with E-state index in [2.05, 4.69) is 8.37 Å². The molecule has 0 aliphatic heterocycles. The predicted molar refractivity (Wildman–Crippen MR) is 147 cm³/mol. The van der Waals surface area contributed by atoms with Crippen LogP contribution in [-0.4, -0.2) is 42.6 Å². The van der Waals surface area contributed by atoms with Gasteiger partial charge in [0.2, 0.25) is 0 Å². The smallest absolute Gasteiger partial charge is 0.380 e. The topological polar surface area (TPSA) is 191 Å². The summed E-state index contributed by atoms with van der Waals surface area (Å²) in [5.74, 6) is -0.769. The van der Waals surface area contributed by atoms with Gasteiger partial charge in [0.15, 0.2) is 34.6 Å². The molecule has 12 nitrogen and oxygen atoms in total. The summed E-state index contributed by atoms with van der Waals surface area (Å²) < 4.78 is 64.7. The molecule has 40 heavy (non-hydrogen) atoms. The van der Waals surface area contributed by atoms with Crippen LogP contribution in [0.15, 0.2) is 48.6 Å². The number of rotatable bonds is 12. The van der Waals surface area contributed by atoms with Crippen LogP contribution >= 0.6 is 0 Å². The Hall–Kier alpha value is -3.72. The summed E-state index contributed by atoms with van der Waals surface area (Å²) in [6.45, 7) is 0. The molecule has 0 heterocycles. The molecule has 0 aromatic heterocycles. The number of ether oxygens (including phenoxy) is 2. The molecule has 4 N–H and O–H groups in total. The van der Waals surface area contributed by atoms with Crippen LogP contribution in [0, 0.1) is 5.41 Å². The molecular weight excluding hydrogens is 564 g/mol. The molecule has 0 bridgehead atoms.